The van der Waals surface area contributed by atoms with Gasteiger partial charge < -0.3 is 4.90 Å². The fourth-order valence-electron chi connectivity index (χ4n) is 2.60. The third-order valence-corrected chi connectivity index (χ3v) is 4.40. The van der Waals surface area contributed by atoms with E-state index in [9.17, 15) is 10.1 Å². The molecule has 1 aromatic carbocycles. The topological polar surface area (TPSA) is 46.4 Å². The van der Waals surface area contributed by atoms with Crippen LogP contribution < -0.4 is 4.90 Å². The SMILES string of the molecule is O=[N+]([O-])c1ccc(N(CC2CC2)CC2CC2)c(CCl)c1. The van der Waals surface area contributed by atoms with Crippen molar-refractivity contribution in [1.82, 2.24) is 0 Å². The number of halogens is 1. The maximum atomic E-state index is 10.9. The highest BCUT2D eigenvalue weighted by atomic mass is 35.5. The van der Waals surface area contributed by atoms with Crippen molar-refractivity contribution >= 4 is 23.0 Å². The van der Waals surface area contributed by atoms with Crippen LogP contribution in [0.1, 0.15) is 31.2 Å². The second kappa shape index (κ2) is 5.60. The van der Waals surface area contributed by atoms with Crippen LogP contribution >= 0.6 is 11.6 Å². The summed E-state index contributed by atoms with van der Waals surface area (Å²) in [6.07, 6.45) is 5.24. The highest BCUT2D eigenvalue weighted by molar-refractivity contribution is 6.17. The molecule has 0 bridgehead atoms. The predicted molar refractivity (Wildman–Crippen MR) is 80.3 cm³/mol. The van der Waals surface area contributed by atoms with Gasteiger partial charge in [-0.3, -0.25) is 10.1 Å². The quantitative estimate of drug-likeness (QED) is 0.434. The fourth-order valence-corrected chi connectivity index (χ4v) is 2.81. The first kappa shape index (κ1) is 13.7. The molecule has 108 valence electrons. The highest BCUT2D eigenvalue weighted by Crippen LogP contribution is 2.37. The van der Waals surface area contributed by atoms with Crippen LogP contribution in [0.3, 0.4) is 0 Å². The van der Waals surface area contributed by atoms with E-state index in [-0.39, 0.29) is 10.6 Å². The number of hydrogen-bond acceptors (Lipinski definition) is 3. The molecule has 0 atom stereocenters. The summed E-state index contributed by atoms with van der Waals surface area (Å²) in [6, 6.07) is 5.09. The number of benzene rings is 1. The van der Waals surface area contributed by atoms with Crippen LogP contribution in [0.4, 0.5) is 11.4 Å². The third-order valence-electron chi connectivity index (χ3n) is 4.11. The van der Waals surface area contributed by atoms with E-state index < -0.39 is 0 Å². The van der Waals surface area contributed by atoms with Gasteiger partial charge in [0.05, 0.1) is 4.92 Å². The first-order valence-electron chi connectivity index (χ1n) is 7.25. The Kier molecular flexibility index (Phi) is 3.83. The van der Waals surface area contributed by atoms with Crippen molar-refractivity contribution in [2.75, 3.05) is 18.0 Å². The van der Waals surface area contributed by atoms with Gasteiger partial charge >= 0.3 is 0 Å². The van der Waals surface area contributed by atoms with E-state index in [2.05, 4.69) is 4.90 Å². The molecule has 2 aliphatic rings. The van der Waals surface area contributed by atoms with E-state index >= 15 is 0 Å². The normalized spacial score (nSPS) is 18.1. The average molecular weight is 295 g/mol. The summed E-state index contributed by atoms with van der Waals surface area (Å²) in [5.41, 5.74) is 2.09. The van der Waals surface area contributed by atoms with Gasteiger partial charge in [-0.2, -0.15) is 0 Å². The number of nitro benzene ring substituents is 1. The molecule has 0 radical (unpaired) electrons. The second-order valence-corrected chi connectivity index (χ2v) is 6.26. The molecule has 0 heterocycles. The number of hydrogen-bond donors (Lipinski definition) is 0. The lowest BCUT2D eigenvalue weighted by atomic mass is 10.1. The van der Waals surface area contributed by atoms with Crippen LogP contribution in [0.5, 0.6) is 0 Å². The summed E-state index contributed by atoms with van der Waals surface area (Å²) < 4.78 is 0. The van der Waals surface area contributed by atoms with Gasteiger partial charge in [-0.1, -0.05) is 0 Å². The monoisotopic (exact) mass is 294 g/mol. The molecule has 4 nitrogen and oxygen atoms in total. The van der Waals surface area contributed by atoms with Crippen molar-refractivity contribution < 1.29 is 4.92 Å². The number of nitro groups is 1. The van der Waals surface area contributed by atoms with Crippen LogP contribution in [0, 0.1) is 22.0 Å². The number of nitrogens with zero attached hydrogens (tertiary/aromatic N) is 2. The second-order valence-electron chi connectivity index (χ2n) is 6.00. The Morgan fingerprint density at radius 2 is 1.80 bits per heavy atom. The van der Waals surface area contributed by atoms with Crippen molar-refractivity contribution in [3.8, 4) is 0 Å². The van der Waals surface area contributed by atoms with E-state index in [1.54, 1.807) is 12.1 Å². The molecule has 0 aromatic heterocycles. The molecule has 0 spiro atoms. The van der Waals surface area contributed by atoms with Gasteiger partial charge in [0, 0.05) is 36.8 Å². The van der Waals surface area contributed by atoms with Crippen LogP contribution in [-0.2, 0) is 5.88 Å². The molecule has 2 fully saturated rings. The van der Waals surface area contributed by atoms with Crippen LogP contribution in [0.15, 0.2) is 18.2 Å². The van der Waals surface area contributed by atoms with Crippen LogP contribution in [-0.4, -0.2) is 18.0 Å². The fraction of sp³-hybridized carbons (Fsp3) is 0.600. The van der Waals surface area contributed by atoms with E-state index in [0.717, 1.165) is 36.2 Å². The Balaban J connectivity index is 1.85. The molecule has 0 saturated heterocycles. The molecular formula is C15H19ClN2O2. The van der Waals surface area contributed by atoms with Crippen molar-refractivity contribution in [2.24, 2.45) is 11.8 Å². The maximum absolute atomic E-state index is 10.9. The Bertz CT molecular complexity index is 499. The zero-order valence-corrected chi connectivity index (χ0v) is 12.2. The number of rotatable bonds is 7. The molecule has 20 heavy (non-hydrogen) atoms. The van der Waals surface area contributed by atoms with Crippen LogP contribution in [0.2, 0.25) is 0 Å². The van der Waals surface area contributed by atoms with E-state index in [4.69, 9.17) is 11.6 Å². The standard InChI is InChI=1S/C15H19ClN2O2/c16-8-13-7-14(18(19)20)5-6-15(13)17(9-11-1-2-11)10-12-3-4-12/h5-7,11-12H,1-4,8-10H2. The van der Waals surface area contributed by atoms with Gasteiger partial charge in [0.1, 0.15) is 0 Å². The van der Waals surface area contributed by atoms with Gasteiger partial charge in [0.15, 0.2) is 0 Å². The number of alkyl halides is 1. The van der Waals surface area contributed by atoms with Crippen molar-refractivity contribution in [2.45, 2.75) is 31.6 Å². The summed E-state index contributed by atoms with van der Waals surface area (Å²) in [4.78, 5) is 12.9. The first-order valence-corrected chi connectivity index (χ1v) is 7.79. The molecule has 3 rings (SSSR count). The smallest absolute Gasteiger partial charge is 0.269 e. The first-order chi connectivity index (χ1) is 9.67. The lowest BCUT2D eigenvalue weighted by Crippen LogP contribution is -2.29. The Morgan fingerprint density at radius 1 is 1.20 bits per heavy atom. The van der Waals surface area contributed by atoms with Gasteiger partial charge in [0.25, 0.3) is 5.69 Å². The van der Waals surface area contributed by atoms with E-state index in [1.807, 2.05) is 6.07 Å². The average Bonchev–Trinajstić information content (AvgIpc) is 3.32. The highest BCUT2D eigenvalue weighted by Gasteiger charge is 2.30. The van der Waals surface area contributed by atoms with Crippen molar-refractivity contribution in [3.05, 3.63) is 33.9 Å². The van der Waals surface area contributed by atoms with Crippen LogP contribution in [0.25, 0.3) is 0 Å². The molecule has 0 unspecified atom stereocenters. The summed E-state index contributed by atoms with van der Waals surface area (Å²) in [5.74, 6) is 1.92. The molecule has 0 aliphatic heterocycles. The number of anilines is 1. The lowest BCUT2D eigenvalue weighted by molar-refractivity contribution is -0.384. The largest absolute Gasteiger partial charge is 0.371 e. The molecule has 0 N–H and O–H groups in total. The molecule has 5 heteroatoms. The van der Waals surface area contributed by atoms with Crippen molar-refractivity contribution in [3.63, 3.8) is 0 Å². The molecular weight excluding hydrogens is 276 g/mol. The molecule has 0 amide bonds. The van der Waals surface area contributed by atoms with E-state index in [0.29, 0.717) is 5.88 Å². The molecule has 2 saturated carbocycles. The van der Waals surface area contributed by atoms with Gasteiger partial charge in [-0.15, -0.1) is 11.6 Å². The molecule has 1 aromatic rings. The minimum Gasteiger partial charge on any atom is -0.371 e. The zero-order valence-electron chi connectivity index (χ0n) is 11.4. The van der Waals surface area contributed by atoms with Gasteiger partial charge in [-0.05, 0) is 49.1 Å². The summed E-state index contributed by atoms with van der Waals surface area (Å²) in [5, 5.41) is 10.9. The maximum Gasteiger partial charge on any atom is 0.269 e. The minimum absolute atomic E-state index is 0.127. The summed E-state index contributed by atoms with van der Waals surface area (Å²) >= 11 is 6.01. The van der Waals surface area contributed by atoms with Crippen molar-refractivity contribution in [1.29, 1.82) is 0 Å². The van der Waals surface area contributed by atoms with Gasteiger partial charge in [-0.25, -0.2) is 0 Å². The summed E-state index contributed by atoms with van der Waals surface area (Å²) in [6.45, 7) is 2.14. The number of non-ortho nitro benzene ring substituents is 1. The summed E-state index contributed by atoms with van der Waals surface area (Å²) in [7, 11) is 0. The van der Waals surface area contributed by atoms with E-state index in [1.165, 1.54) is 25.7 Å². The zero-order chi connectivity index (χ0) is 14.1. The minimum atomic E-state index is -0.355. The Morgan fingerprint density at radius 3 is 2.25 bits per heavy atom. The molecule has 2 aliphatic carbocycles. The Labute approximate surface area is 123 Å². The van der Waals surface area contributed by atoms with Gasteiger partial charge in [0.2, 0.25) is 0 Å². The predicted octanol–water partition coefficient (Wildman–Crippen LogP) is 3.96. The Hall–Kier alpha value is -1.29. The third kappa shape index (κ3) is 3.23. The lowest BCUT2D eigenvalue weighted by Gasteiger charge is -2.27.